The van der Waals surface area contributed by atoms with Crippen molar-refractivity contribution >= 4 is 10.8 Å². The first-order valence-corrected chi connectivity index (χ1v) is 7.57. The summed E-state index contributed by atoms with van der Waals surface area (Å²) in [5, 5.41) is 13.0. The van der Waals surface area contributed by atoms with Crippen LogP contribution >= 0.6 is 0 Å². The lowest BCUT2D eigenvalue weighted by Crippen LogP contribution is -2.36. The molecule has 2 atom stereocenters. The normalized spacial score (nSPS) is 14.7. The summed E-state index contributed by atoms with van der Waals surface area (Å²) in [5.41, 5.74) is 1.03. The highest BCUT2D eigenvalue weighted by molar-refractivity contribution is 5.85. The van der Waals surface area contributed by atoms with E-state index in [0.717, 1.165) is 23.9 Å². The summed E-state index contributed by atoms with van der Waals surface area (Å²) in [6.07, 6.45) is 0.672. The Labute approximate surface area is 122 Å². The minimum Gasteiger partial charge on any atom is -0.387 e. The van der Waals surface area contributed by atoms with Gasteiger partial charge in [0, 0.05) is 12.6 Å². The summed E-state index contributed by atoms with van der Waals surface area (Å²) in [7, 11) is 0. The molecule has 0 saturated heterocycles. The molecule has 2 unspecified atom stereocenters. The average Bonchev–Trinajstić information content (AvgIpc) is 2.51. The molecule has 0 aliphatic heterocycles. The first-order chi connectivity index (χ1) is 9.67. The van der Waals surface area contributed by atoms with Crippen molar-refractivity contribution in [1.82, 2.24) is 4.90 Å². The van der Waals surface area contributed by atoms with Gasteiger partial charge in [0.15, 0.2) is 0 Å². The summed E-state index contributed by atoms with van der Waals surface area (Å²) < 4.78 is 0. The van der Waals surface area contributed by atoms with Crippen LogP contribution < -0.4 is 0 Å². The number of fused-ring (bicyclic) bond motifs is 1. The maximum absolute atomic E-state index is 10.6. The van der Waals surface area contributed by atoms with Gasteiger partial charge < -0.3 is 5.11 Å². The van der Waals surface area contributed by atoms with Gasteiger partial charge in [-0.3, -0.25) is 4.90 Å². The number of aliphatic hydroxyl groups excluding tert-OH is 1. The molecule has 0 aliphatic rings. The van der Waals surface area contributed by atoms with Crippen molar-refractivity contribution in [3.05, 3.63) is 48.0 Å². The van der Waals surface area contributed by atoms with Gasteiger partial charge >= 0.3 is 0 Å². The van der Waals surface area contributed by atoms with Gasteiger partial charge in [0.2, 0.25) is 0 Å². The third kappa shape index (κ3) is 3.20. The second-order valence-electron chi connectivity index (χ2n) is 5.43. The van der Waals surface area contributed by atoms with Crippen LogP contribution in [0.4, 0.5) is 0 Å². The highest BCUT2D eigenvalue weighted by Crippen LogP contribution is 2.25. The monoisotopic (exact) mass is 271 g/mol. The molecule has 0 heterocycles. The molecule has 0 fully saturated rings. The standard InChI is InChI=1S/C18H25NO/c1-4-14(3)19(5-2)13-18(20)17-12-8-10-15-9-6-7-11-16(15)17/h6-12,14,18,20H,4-5,13H2,1-3H3. The number of likely N-dealkylation sites (N-methyl/N-ethyl adjacent to an activating group) is 1. The van der Waals surface area contributed by atoms with E-state index in [4.69, 9.17) is 0 Å². The molecular formula is C18H25NO. The Morgan fingerprint density at radius 1 is 1.05 bits per heavy atom. The molecule has 2 aromatic carbocycles. The zero-order valence-electron chi connectivity index (χ0n) is 12.7. The third-order valence-corrected chi connectivity index (χ3v) is 4.21. The molecule has 0 spiro atoms. The molecule has 0 amide bonds. The summed E-state index contributed by atoms with van der Waals surface area (Å²) in [6, 6.07) is 14.9. The van der Waals surface area contributed by atoms with Crippen molar-refractivity contribution in [3.63, 3.8) is 0 Å². The van der Waals surface area contributed by atoms with Crippen LogP contribution in [0.1, 0.15) is 38.9 Å². The quantitative estimate of drug-likeness (QED) is 0.858. The van der Waals surface area contributed by atoms with Gasteiger partial charge in [-0.2, -0.15) is 0 Å². The van der Waals surface area contributed by atoms with Gasteiger partial charge in [-0.05, 0) is 36.2 Å². The molecule has 0 saturated carbocycles. The zero-order valence-corrected chi connectivity index (χ0v) is 12.7. The molecule has 2 aromatic rings. The van der Waals surface area contributed by atoms with Gasteiger partial charge in [-0.25, -0.2) is 0 Å². The van der Waals surface area contributed by atoms with Crippen LogP contribution in [0.5, 0.6) is 0 Å². The first-order valence-electron chi connectivity index (χ1n) is 7.57. The fourth-order valence-corrected chi connectivity index (χ4v) is 2.74. The van der Waals surface area contributed by atoms with Gasteiger partial charge in [-0.1, -0.05) is 56.3 Å². The van der Waals surface area contributed by atoms with Gasteiger partial charge in [0.1, 0.15) is 0 Å². The minimum atomic E-state index is -0.435. The minimum absolute atomic E-state index is 0.435. The van der Waals surface area contributed by atoms with Crippen LogP contribution in [0.3, 0.4) is 0 Å². The predicted octanol–water partition coefficient (Wildman–Crippen LogP) is 3.99. The number of hydrogen-bond acceptors (Lipinski definition) is 2. The number of aliphatic hydroxyl groups is 1. The molecule has 0 radical (unpaired) electrons. The number of hydrogen-bond donors (Lipinski definition) is 1. The molecule has 1 N–H and O–H groups in total. The largest absolute Gasteiger partial charge is 0.387 e. The van der Waals surface area contributed by atoms with Crippen molar-refractivity contribution < 1.29 is 5.11 Å². The van der Waals surface area contributed by atoms with E-state index < -0.39 is 6.10 Å². The fourth-order valence-electron chi connectivity index (χ4n) is 2.74. The van der Waals surface area contributed by atoms with Crippen LogP contribution in [-0.2, 0) is 0 Å². The Bertz CT molecular complexity index is 547. The van der Waals surface area contributed by atoms with E-state index in [0.29, 0.717) is 12.6 Å². The zero-order chi connectivity index (χ0) is 14.5. The third-order valence-electron chi connectivity index (χ3n) is 4.21. The molecule has 2 rings (SSSR count). The Hall–Kier alpha value is -1.38. The SMILES string of the molecule is CCC(C)N(CC)CC(O)c1cccc2ccccc12. The molecular weight excluding hydrogens is 246 g/mol. The van der Waals surface area contributed by atoms with Crippen molar-refractivity contribution in [1.29, 1.82) is 0 Å². The molecule has 0 bridgehead atoms. The van der Waals surface area contributed by atoms with Gasteiger partial charge in [-0.15, -0.1) is 0 Å². The topological polar surface area (TPSA) is 23.5 Å². The first kappa shape index (κ1) is 15.0. The lowest BCUT2D eigenvalue weighted by molar-refractivity contribution is 0.0944. The van der Waals surface area contributed by atoms with E-state index in [1.54, 1.807) is 0 Å². The Balaban J connectivity index is 2.25. The smallest absolute Gasteiger partial charge is 0.0923 e. The van der Waals surface area contributed by atoms with E-state index in [1.807, 2.05) is 24.3 Å². The van der Waals surface area contributed by atoms with Gasteiger partial charge in [0.25, 0.3) is 0 Å². The molecule has 0 aromatic heterocycles. The van der Waals surface area contributed by atoms with Crippen molar-refractivity contribution in [3.8, 4) is 0 Å². The van der Waals surface area contributed by atoms with Gasteiger partial charge in [0.05, 0.1) is 6.10 Å². The molecule has 0 aliphatic carbocycles. The second-order valence-corrected chi connectivity index (χ2v) is 5.43. The van der Waals surface area contributed by atoms with Crippen LogP contribution in [0, 0.1) is 0 Å². The Kier molecular flexibility index (Phi) is 5.16. The number of nitrogens with zero attached hydrogens (tertiary/aromatic N) is 1. The highest BCUT2D eigenvalue weighted by Gasteiger charge is 2.17. The number of benzene rings is 2. The van der Waals surface area contributed by atoms with Crippen molar-refractivity contribution in [2.45, 2.75) is 39.3 Å². The van der Waals surface area contributed by atoms with Crippen molar-refractivity contribution in [2.75, 3.05) is 13.1 Å². The van der Waals surface area contributed by atoms with Crippen molar-refractivity contribution in [2.24, 2.45) is 0 Å². The summed E-state index contributed by atoms with van der Waals surface area (Å²) in [5.74, 6) is 0. The summed E-state index contributed by atoms with van der Waals surface area (Å²) in [4.78, 5) is 2.34. The molecule has 2 nitrogen and oxygen atoms in total. The van der Waals surface area contributed by atoms with E-state index in [9.17, 15) is 5.11 Å². The van der Waals surface area contributed by atoms with E-state index in [1.165, 1.54) is 5.39 Å². The predicted molar refractivity (Wildman–Crippen MR) is 85.9 cm³/mol. The highest BCUT2D eigenvalue weighted by atomic mass is 16.3. The lowest BCUT2D eigenvalue weighted by atomic mass is 9.99. The maximum Gasteiger partial charge on any atom is 0.0923 e. The molecule has 2 heteroatoms. The van der Waals surface area contributed by atoms with E-state index >= 15 is 0 Å². The summed E-state index contributed by atoms with van der Waals surface area (Å²) in [6.45, 7) is 8.23. The Morgan fingerprint density at radius 3 is 2.45 bits per heavy atom. The second kappa shape index (κ2) is 6.87. The lowest BCUT2D eigenvalue weighted by Gasteiger charge is -2.29. The van der Waals surface area contributed by atoms with E-state index in [-0.39, 0.29) is 0 Å². The molecule has 20 heavy (non-hydrogen) atoms. The average molecular weight is 271 g/mol. The fraction of sp³-hybridized carbons (Fsp3) is 0.444. The maximum atomic E-state index is 10.6. The summed E-state index contributed by atoms with van der Waals surface area (Å²) >= 11 is 0. The van der Waals surface area contributed by atoms with Crippen LogP contribution in [0.25, 0.3) is 10.8 Å². The Morgan fingerprint density at radius 2 is 1.75 bits per heavy atom. The molecule has 108 valence electrons. The number of rotatable bonds is 6. The van der Waals surface area contributed by atoms with E-state index in [2.05, 4.69) is 43.9 Å². The van der Waals surface area contributed by atoms with Crippen LogP contribution in [0.2, 0.25) is 0 Å². The van der Waals surface area contributed by atoms with Crippen LogP contribution in [-0.4, -0.2) is 29.1 Å². The van der Waals surface area contributed by atoms with Crippen LogP contribution in [0.15, 0.2) is 42.5 Å².